The van der Waals surface area contributed by atoms with E-state index < -0.39 is 11.6 Å². The van der Waals surface area contributed by atoms with Gasteiger partial charge in [-0.25, -0.2) is 4.79 Å². The fourth-order valence-corrected chi connectivity index (χ4v) is 6.88. The van der Waals surface area contributed by atoms with Crippen LogP contribution in [0.25, 0.3) is 0 Å². The SMILES string of the molecule is CC[C@]12C=CC[NH+]3CC[C@@]4(c5ccccc5NC4[C@@](O)(C(=O)OC)C1)[C@@H]32. The molecule has 0 bridgehead atoms. The van der Waals surface area contributed by atoms with E-state index in [2.05, 4.69) is 42.6 Å². The number of nitrogens with one attached hydrogen (secondary N) is 2. The summed E-state index contributed by atoms with van der Waals surface area (Å²) in [4.78, 5) is 14.4. The Morgan fingerprint density at radius 1 is 1.42 bits per heavy atom. The first-order valence-electron chi connectivity index (χ1n) is 9.71. The van der Waals surface area contributed by atoms with E-state index in [1.807, 2.05) is 6.07 Å². The van der Waals surface area contributed by atoms with Gasteiger partial charge in [-0.05, 0) is 24.1 Å². The normalized spacial score (nSPS) is 44.7. The molecule has 5 nitrogen and oxygen atoms in total. The van der Waals surface area contributed by atoms with Gasteiger partial charge in [0.1, 0.15) is 6.04 Å². The summed E-state index contributed by atoms with van der Waals surface area (Å²) < 4.78 is 5.11. The van der Waals surface area contributed by atoms with Crippen molar-refractivity contribution in [1.29, 1.82) is 0 Å². The van der Waals surface area contributed by atoms with Gasteiger partial charge in [0, 0.05) is 23.9 Å². The number of aliphatic hydroxyl groups is 1. The number of quaternary nitrogens is 1. The van der Waals surface area contributed by atoms with Gasteiger partial charge in [0.15, 0.2) is 5.60 Å². The van der Waals surface area contributed by atoms with Gasteiger partial charge in [-0.3, -0.25) is 0 Å². The number of para-hydroxylation sites is 1. The number of fused-ring (bicyclic) bond motifs is 1. The minimum absolute atomic E-state index is 0.192. The van der Waals surface area contributed by atoms with Gasteiger partial charge < -0.3 is 20.1 Å². The van der Waals surface area contributed by atoms with Crippen LogP contribution >= 0.6 is 0 Å². The number of carbonyl (C=O) groups is 1. The molecule has 6 atom stereocenters. The van der Waals surface area contributed by atoms with E-state index in [1.165, 1.54) is 12.7 Å². The van der Waals surface area contributed by atoms with Crippen molar-refractivity contribution in [2.75, 3.05) is 25.5 Å². The molecule has 0 radical (unpaired) electrons. The zero-order valence-electron chi connectivity index (χ0n) is 15.4. The van der Waals surface area contributed by atoms with E-state index in [0.717, 1.165) is 31.6 Å². The molecular weight excluding hydrogens is 328 g/mol. The molecule has 0 aromatic heterocycles. The van der Waals surface area contributed by atoms with Crippen molar-refractivity contribution in [2.45, 2.75) is 49.3 Å². The fraction of sp³-hybridized carbons (Fsp3) is 0.571. The summed E-state index contributed by atoms with van der Waals surface area (Å²) in [6.45, 7) is 4.28. The Morgan fingerprint density at radius 3 is 3.00 bits per heavy atom. The lowest BCUT2D eigenvalue weighted by atomic mass is 9.49. The number of ether oxygens (including phenoxy) is 1. The fourth-order valence-electron chi connectivity index (χ4n) is 6.88. The maximum atomic E-state index is 12.8. The molecule has 4 aliphatic rings. The predicted molar refractivity (Wildman–Crippen MR) is 98.1 cm³/mol. The van der Waals surface area contributed by atoms with E-state index in [1.54, 1.807) is 4.90 Å². The smallest absolute Gasteiger partial charge is 0.340 e. The Hall–Kier alpha value is -1.85. The number of hydrogen-bond acceptors (Lipinski definition) is 4. The highest BCUT2D eigenvalue weighted by Gasteiger charge is 2.76. The second-order valence-corrected chi connectivity index (χ2v) is 8.54. The Morgan fingerprint density at radius 2 is 2.23 bits per heavy atom. The number of rotatable bonds is 2. The van der Waals surface area contributed by atoms with Crippen molar-refractivity contribution in [3.05, 3.63) is 42.0 Å². The molecule has 2 fully saturated rings. The third-order valence-electron chi connectivity index (χ3n) is 7.70. The average molecular weight is 355 g/mol. The number of carbonyl (C=O) groups excluding carboxylic acids is 1. The van der Waals surface area contributed by atoms with Crippen LogP contribution in [0.4, 0.5) is 5.69 Å². The van der Waals surface area contributed by atoms with Crippen molar-refractivity contribution < 1.29 is 19.5 Å². The molecule has 1 aliphatic carbocycles. The van der Waals surface area contributed by atoms with Crippen molar-refractivity contribution in [1.82, 2.24) is 0 Å². The molecule has 1 saturated heterocycles. The molecule has 1 saturated carbocycles. The van der Waals surface area contributed by atoms with E-state index in [0.29, 0.717) is 12.5 Å². The molecule has 2 unspecified atom stereocenters. The van der Waals surface area contributed by atoms with E-state index >= 15 is 0 Å². The molecule has 3 aliphatic heterocycles. The zero-order chi connectivity index (χ0) is 18.2. The third kappa shape index (κ3) is 1.66. The van der Waals surface area contributed by atoms with Crippen LogP contribution in [0.3, 0.4) is 0 Å². The van der Waals surface area contributed by atoms with Crippen molar-refractivity contribution in [3.63, 3.8) is 0 Å². The Kier molecular flexibility index (Phi) is 3.21. The lowest BCUT2D eigenvalue weighted by Crippen LogP contribution is -3.17. The summed E-state index contributed by atoms with van der Waals surface area (Å²) in [7, 11) is 1.38. The van der Waals surface area contributed by atoms with Gasteiger partial charge in [0.25, 0.3) is 0 Å². The van der Waals surface area contributed by atoms with Crippen LogP contribution in [-0.4, -0.2) is 49.0 Å². The zero-order valence-corrected chi connectivity index (χ0v) is 15.4. The predicted octanol–water partition coefficient (Wildman–Crippen LogP) is 0.650. The van der Waals surface area contributed by atoms with Gasteiger partial charge in [-0.2, -0.15) is 0 Å². The van der Waals surface area contributed by atoms with Crippen LogP contribution in [-0.2, 0) is 14.9 Å². The van der Waals surface area contributed by atoms with Crippen molar-refractivity contribution in [2.24, 2.45) is 5.41 Å². The lowest BCUT2D eigenvalue weighted by molar-refractivity contribution is -0.919. The van der Waals surface area contributed by atoms with Crippen LogP contribution < -0.4 is 10.2 Å². The third-order valence-corrected chi connectivity index (χ3v) is 7.70. The first-order valence-corrected chi connectivity index (χ1v) is 9.71. The summed E-state index contributed by atoms with van der Waals surface area (Å²) in [6.07, 6.45) is 6.85. The molecule has 3 heterocycles. The topological polar surface area (TPSA) is 63.0 Å². The Labute approximate surface area is 154 Å². The Bertz CT molecular complexity index is 808. The van der Waals surface area contributed by atoms with E-state index in [4.69, 9.17) is 4.74 Å². The highest BCUT2D eigenvalue weighted by atomic mass is 16.5. The molecule has 3 N–H and O–H groups in total. The summed E-state index contributed by atoms with van der Waals surface area (Å²) in [5, 5.41) is 15.3. The van der Waals surface area contributed by atoms with Gasteiger partial charge in [-0.1, -0.05) is 31.2 Å². The maximum Gasteiger partial charge on any atom is 0.340 e. The maximum absolute atomic E-state index is 12.8. The molecule has 138 valence electrons. The Balaban J connectivity index is 1.80. The van der Waals surface area contributed by atoms with E-state index in [-0.39, 0.29) is 16.9 Å². The molecule has 1 aromatic rings. The highest BCUT2D eigenvalue weighted by molar-refractivity contribution is 5.84. The van der Waals surface area contributed by atoms with Gasteiger partial charge >= 0.3 is 5.97 Å². The molecule has 1 aromatic carbocycles. The first-order chi connectivity index (χ1) is 12.5. The second kappa shape index (κ2) is 5.11. The number of methoxy groups -OCH3 is 1. The van der Waals surface area contributed by atoms with Crippen LogP contribution in [0.1, 0.15) is 31.7 Å². The largest absolute Gasteiger partial charge is 0.467 e. The summed E-state index contributed by atoms with van der Waals surface area (Å²) in [5.41, 5.74) is 0.358. The second-order valence-electron chi connectivity index (χ2n) is 8.54. The minimum atomic E-state index is -1.53. The molecule has 5 heteroatoms. The standard InChI is InChI=1S/C21H26N2O3/c1-3-19-9-6-11-23-12-10-20(17(19)23)14-7-4-5-8-15(14)22-16(20)21(25,13-19)18(24)26-2/h4-9,16-17,22,25H,3,10-13H2,1-2H3/p+1/t16?,17-,19-,20-,21+/m0/s1. The minimum Gasteiger partial charge on any atom is -0.467 e. The van der Waals surface area contributed by atoms with Crippen molar-refractivity contribution >= 4 is 11.7 Å². The van der Waals surface area contributed by atoms with Crippen LogP contribution in [0, 0.1) is 5.41 Å². The number of hydrogen-bond donors (Lipinski definition) is 3. The molecule has 5 rings (SSSR count). The number of anilines is 1. The summed E-state index contributed by atoms with van der Waals surface area (Å²) in [5.74, 6) is -0.513. The van der Waals surface area contributed by atoms with E-state index in [9.17, 15) is 9.90 Å². The summed E-state index contributed by atoms with van der Waals surface area (Å²) >= 11 is 0. The molecule has 0 amide bonds. The quantitative estimate of drug-likeness (QED) is 0.539. The molecule has 26 heavy (non-hydrogen) atoms. The number of esters is 1. The monoisotopic (exact) mass is 355 g/mol. The van der Waals surface area contributed by atoms with Crippen LogP contribution in [0.15, 0.2) is 36.4 Å². The molecular formula is C21H27N2O3+. The lowest BCUT2D eigenvalue weighted by Gasteiger charge is -2.57. The van der Waals surface area contributed by atoms with Gasteiger partial charge in [0.2, 0.25) is 0 Å². The average Bonchev–Trinajstić information content (AvgIpc) is 3.23. The summed E-state index contributed by atoms with van der Waals surface area (Å²) in [6, 6.07) is 8.39. The van der Waals surface area contributed by atoms with Crippen molar-refractivity contribution in [3.8, 4) is 0 Å². The van der Waals surface area contributed by atoms with Crippen LogP contribution in [0.2, 0.25) is 0 Å². The molecule has 1 spiro atoms. The number of benzene rings is 1. The van der Waals surface area contributed by atoms with Gasteiger partial charge in [0.05, 0.1) is 31.7 Å². The first kappa shape index (κ1) is 16.3. The van der Waals surface area contributed by atoms with Gasteiger partial charge in [-0.15, -0.1) is 0 Å². The highest BCUT2D eigenvalue weighted by Crippen LogP contribution is 2.61. The van der Waals surface area contributed by atoms with Crippen LogP contribution in [0.5, 0.6) is 0 Å².